The number of aliphatic hydroxyl groups is 1. The lowest BCUT2D eigenvalue weighted by molar-refractivity contribution is -0.0510. The average molecular weight is 298 g/mol. The van der Waals surface area contributed by atoms with E-state index in [0.717, 1.165) is 5.69 Å². The number of hydrogen-bond acceptors (Lipinski definition) is 4. The Morgan fingerprint density at radius 1 is 1.25 bits per heavy atom. The van der Waals surface area contributed by atoms with Gasteiger partial charge in [-0.15, -0.1) is 0 Å². The van der Waals surface area contributed by atoms with Gasteiger partial charge < -0.3 is 10.4 Å². The number of hydrogen-bond donors (Lipinski definition) is 2. The fraction of sp³-hybridized carbons (Fsp3) is 0.571. The molecule has 0 heterocycles. The van der Waals surface area contributed by atoms with Crippen LogP contribution >= 0.6 is 0 Å². The molecule has 0 amide bonds. The molecule has 6 heteroatoms. The first-order valence-electron chi connectivity index (χ1n) is 6.63. The predicted molar refractivity (Wildman–Crippen MR) is 79.1 cm³/mol. The molecular formula is C14H22N2O3S. The second-order valence-corrected chi connectivity index (χ2v) is 8.23. The molecule has 0 saturated heterocycles. The average Bonchev–Trinajstić information content (AvgIpc) is 2.39. The first kappa shape index (κ1) is 15.3. The summed E-state index contributed by atoms with van der Waals surface area (Å²) < 4.78 is 25.1. The number of nitrogens with one attached hydrogen (secondary N) is 1. The van der Waals surface area contributed by atoms with Gasteiger partial charge in [-0.3, -0.25) is 0 Å². The fourth-order valence-electron chi connectivity index (χ4n) is 2.28. The lowest BCUT2D eigenvalue weighted by Gasteiger charge is -2.49. The molecule has 1 aliphatic rings. The molecule has 0 aliphatic heterocycles. The van der Waals surface area contributed by atoms with Crippen molar-refractivity contribution in [2.45, 2.75) is 37.3 Å². The topological polar surface area (TPSA) is 69.6 Å². The van der Waals surface area contributed by atoms with Crippen LogP contribution in [0.2, 0.25) is 0 Å². The molecule has 1 aliphatic carbocycles. The molecular weight excluding hydrogens is 276 g/mol. The summed E-state index contributed by atoms with van der Waals surface area (Å²) >= 11 is 0. The van der Waals surface area contributed by atoms with Gasteiger partial charge >= 0.3 is 0 Å². The highest BCUT2D eigenvalue weighted by atomic mass is 32.2. The number of nitrogens with zero attached hydrogens (tertiary/aromatic N) is 1. The van der Waals surface area contributed by atoms with Gasteiger partial charge in [0.1, 0.15) is 0 Å². The maximum atomic E-state index is 12.0. The molecule has 112 valence electrons. The van der Waals surface area contributed by atoms with Gasteiger partial charge in [0.25, 0.3) is 0 Å². The van der Waals surface area contributed by atoms with Crippen molar-refractivity contribution in [3.05, 3.63) is 24.3 Å². The van der Waals surface area contributed by atoms with Crippen LogP contribution in [0.5, 0.6) is 0 Å². The van der Waals surface area contributed by atoms with E-state index in [2.05, 4.69) is 5.32 Å². The lowest BCUT2D eigenvalue weighted by atomic mass is 9.64. The maximum absolute atomic E-state index is 12.0. The van der Waals surface area contributed by atoms with Crippen molar-refractivity contribution < 1.29 is 13.5 Å². The van der Waals surface area contributed by atoms with E-state index in [0.29, 0.717) is 6.42 Å². The van der Waals surface area contributed by atoms with Crippen LogP contribution in [-0.4, -0.2) is 44.1 Å². The van der Waals surface area contributed by atoms with Gasteiger partial charge in [0.05, 0.1) is 11.0 Å². The van der Waals surface area contributed by atoms with Gasteiger partial charge in [-0.1, -0.05) is 13.8 Å². The molecule has 20 heavy (non-hydrogen) atoms. The largest absolute Gasteiger partial charge is 0.392 e. The Bertz CT molecular complexity index is 579. The summed E-state index contributed by atoms with van der Waals surface area (Å²) in [5, 5.41) is 13.0. The van der Waals surface area contributed by atoms with Gasteiger partial charge in [-0.2, -0.15) is 0 Å². The maximum Gasteiger partial charge on any atom is 0.242 e. The summed E-state index contributed by atoms with van der Waals surface area (Å²) in [7, 11) is -0.352. The molecule has 0 radical (unpaired) electrons. The van der Waals surface area contributed by atoms with E-state index in [1.54, 1.807) is 24.3 Å². The Kier molecular flexibility index (Phi) is 3.83. The minimum atomic E-state index is -3.38. The summed E-state index contributed by atoms with van der Waals surface area (Å²) in [6, 6.07) is 6.92. The normalized spacial score (nSPS) is 25.3. The van der Waals surface area contributed by atoms with E-state index in [-0.39, 0.29) is 22.5 Å². The molecule has 2 N–H and O–H groups in total. The van der Waals surface area contributed by atoms with Crippen molar-refractivity contribution in [1.82, 2.24) is 4.31 Å². The molecule has 0 bridgehead atoms. The summed E-state index contributed by atoms with van der Waals surface area (Å²) in [5.41, 5.74) is 0.710. The molecule has 5 nitrogen and oxygen atoms in total. The first-order chi connectivity index (χ1) is 9.15. The monoisotopic (exact) mass is 298 g/mol. The van der Waals surface area contributed by atoms with Crippen LogP contribution in [0.15, 0.2) is 29.2 Å². The number of benzene rings is 1. The lowest BCUT2D eigenvalue weighted by Crippen LogP contribution is -2.56. The zero-order chi connectivity index (χ0) is 15.1. The van der Waals surface area contributed by atoms with Crippen LogP contribution in [0, 0.1) is 5.41 Å². The second-order valence-electron chi connectivity index (χ2n) is 6.08. The molecule has 1 fully saturated rings. The molecule has 1 aromatic rings. The third kappa shape index (κ3) is 2.55. The standard InChI is InChI=1S/C14H22N2O3S/c1-14(2)12(9-13(14)17)15-10-5-7-11(8-6-10)20(18,19)16(3)4/h5-8,12-13,15,17H,9H2,1-4H3. The molecule has 1 saturated carbocycles. The molecule has 0 spiro atoms. The Labute approximate surface area is 120 Å². The molecule has 2 unspecified atom stereocenters. The second kappa shape index (κ2) is 5.02. The van der Waals surface area contributed by atoms with Gasteiger partial charge in [0.15, 0.2) is 0 Å². The number of rotatable bonds is 4. The Hall–Kier alpha value is -1.11. The van der Waals surface area contributed by atoms with Gasteiger partial charge in [0, 0.05) is 31.2 Å². The van der Waals surface area contributed by atoms with Crippen LogP contribution < -0.4 is 5.32 Å². The van der Waals surface area contributed by atoms with Gasteiger partial charge in [0.2, 0.25) is 10.0 Å². The van der Waals surface area contributed by atoms with Crippen molar-refractivity contribution >= 4 is 15.7 Å². The van der Waals surface area contributed by atoms with Crippen molar-refractivity contribution in [2.24, 2.45) is 5.41 Å². The van der Waals surface area contributed by atoms with Crippen LogP contribution in [0.1, 0.15) is 20.3 Å². The van der Waals surface area contributed by atoms with E-state index >= 15 is 0 Å². The highest BCUT2D eigenvalue weighted by Gasteiger charge is 2.47. The summed E-state index contributed by atoms with van der Waals surface area (Å²) in [6.45, 7) is 4.04. The molecule has 2 rings (SSSR count). The number of anilines is 1. The number of aliphatic hydroxyl groups excluding tert-OH is 1. The quantitative estimate of drug-likeness (QED) is 0.884. The number of sulfonamides is 1. The summed E-state index contributed by atoms with van der Waals surface area (Å²) in [5.74, 6) is 0. The molecule has 0 aromatic heterocycles. The molecule has 2 atom stereocenters. The highest BCUT2D eigenvalue weighted by Crippen LogP contribution is 2.42. The van der Waals surface area contributed by atoms with E-state index < -0.39 is 10.0 Å². The van der Waals surface area contributed by atoms with Crippen LogP contribution in [0.3, 0.4) is 0 Å². The van der Waals surface area contributed by atoms with Crippen molar-refractivity contribution in [3.63, 3.8) is 0 Å². The zero-order valence-corrected chi connectivity index (χ0v) is 13.1. The smallest absolute Gasteiger partial charge is 0.242 e. The van der Waals surface area contributed by atoms with E-state index in [1.165, 1.54) is 18.4 Å². The summed E-state index contributed by atoms with van der Waals surface area (Å²) in [4.78, 5) is 0.279. The van der Waals surface area contributed by atoms with E-state index in [9.17, 15) is 13.5 Å². The van der Waals surface area contributed by atoms with Crippen LogP contribution in [-0.2, 0) is 10.0 Å². The zero-order valence-electron chi connectivity index (χ0n) is 12.3. The fourth-order valence-corrected chi connectivity index (χ4v) is 3.18. The Balaban J connectivity index is 2.11. The van der Waals surface area contributed by atoms with Gasteiger partial charge in [-0.05, 0) is 30.7 Å². The SMILES string of the molecule is CN(C)S(=O)(=O)c1ccc(NC2CC(O)C2(C)C)cc1. The predicted octanol–water partition coefficient (Wildman–Crippen LogP) is 1.51. The third-order valence-corrected chi connectivity index (χ3v) is 6.02. The van der Waals surface area contributed by atoms with Crippen LogP contribution in [0.4, 0.5) is 5.69 Å². The Morgan fingerprint density at radius 2 is 1.80 bits per heavy atom. The van der Waals surface area contributed by atoms with Crippen molar-refractivity contribution in [2.75, 3.05) is 19.4 Å². The van der Waals surface area contributed by atoms with Crippen LogP contribution in [0.25, 0.3) is 0 Å². The van der Waals surface area contributed by atoms with Crippen molar-refractivity contribution in [1.29, 1.82) is 0 Å². The van der Waals surface area contributed by atoms with Gasteiger partial charge in [-0.25, -0.2) is 12.7 Å². The summed E-state index contributed by atoms with van der Waals surface area (Å²) in [6.07, 6.45) is 0.429. The van der Waals surface area contributed by atoms with Crippen molar-refractivity contribution in [3.8, 4) is 0 Å². The van der Waals surface area contributed by atoms with E-state index in [1.807, 2.05) is 13.8 Å². The molecule has 1 aromatic carbocycles. The third-order valence-electron chi connectivity index (χ3n) is 4.19. The minimum Gasteiger partial charge on any atom is -0.392 e. The first-order valence-corrected chi connectivity index (χ1v) is 8.07. The minimum absolute atomic E-state index is 0.158. The Morgan fingerprint density at radius 3 is 2.20 bits per heavy atom. The van der Waals surface area contributed by atoms with E-state index in [4.69, 9.17) is 0 Å². The highest BCUT2D eigenvalue weighted by molar-refractivity contribution is 7.89.